The summed E-state index contributed by atoms with van der Waals surface area (Å²) in [6.07, 6.45) is 1.10. The molecule has 1 fully saturated rings. The predicted molar refractivity (Wildman–Crippen MR) is 112 cm³/mol. The lowest BCUT2D eigenvalue weighted by molar-refractivity contribution is 0.121. The van der Waals surface area contributed by atoms with E-state index in [1.54, 1.807) is 21.3 Å². The Bertz CT molecular complexity index is 753. The van der Waals surface area contributed by atoms with Crippen LogP contribution in [0.5, 0.6) is 17.2 Å². The molecule has 3 rings (SSSR count). The Hall–Kier alpha value is -2.24. The summed E-state index contributed by atoms with van der Waals surface area (Å²) in [6, 6.07) is 13.0. The van der Waals surface area contributed by atoms with Crippen LogP contribution < -0.4 is 14.2 Å². The third kappa shape index (κ3) is 4.78. The molecule has 0 unspecified atom stereocenters. The molecule has 1 aliphatic rings. The smallest absolute Gasteiger partial charge is 0.203 e. The van der Waals surface area contributed by atoms with Crippen LogP contribution in [0.1, 0.15) is 23.6 Å². The minimum Gasteiger partial charge on any atom is -0.493 e. The highest BCUT2D eigenvalue weighted by Gasteiger charge is 2.21. The molecule has 0 bridgehead atoms. The van der Waals surface area contributed by atoms with Crippen molar-refractivity contribution in [3.8, 4) is 17.2 Å². The molecular formula is C23H32N2O3. The molecule has 152 valence electrons. The molecular weight excluding hydrogens is 352 g/mol. The van der Waals surface area contributed by atoms with Gasteiger partial charge in [0.1, 0.15) is 0 Å². The van der Waals surface area contributed by atoms with Crippen molar-refractivity contribution in [2.24, 2.45) is 0 Å². The summed E-state index contributed by atoms with van der Waals surface area (Å²) in [4.78, 5) is 5.00. The van der Waals surface area contributed by atoms with Crippen molar-refractivity contribution in [2.75, 3.05) is 47.5 Å². The highest BCUT2D eigenvalue weighted by atomic mass is 16.5. The van der Waals surface area contributed by atoms with Crippen LogP contribution in [-0.2, 0) is 19.5 Å². The number of hydrogen-bond acceptors (Lipinski definition) is 5. The second kappa shape index (κ2) is 9.80. The van der Waals surface area contributed by atoms with Crippen LogP contribution >= 0.6 is 0 Å². The van der Waals surface area contributed by atoms with E-state index in [9.17, 15) is 0 Å². The number of rotatable bonds is 8. The first-order chi connectivity index (χ1) is 13.7. The van der Waals surface area contributed by atoms with Crippen molar-refractivity contribution in [1.82, 2.24) is 9.80 Å². The molecule has 28 heavy (non-hydrogen) atoms. The van der Waals surface area contributed by atoms with E-state index in [0.29, 0.717) is 11.5 Å². The monoisotopic (exact) mass is 384 g/mol. The maximum atomic E-state index is 5.63. The van der Waals surface area contributed by atoms with Crippen LogP contribution in [0.2, 0.25) is 0 Å². The van der Waals surface area contributed by atoms with Crippen molar-refractivity contribution in [3.63, 3.8) is 0 Å². The van der Waals surface area contributed by atoms with E-state index in [0.717, 1.165) is 57.0 Å². The van der Waals surface area contributed by atoms with Crippen molar-refractivity contribution in [1.29, 1.82) is 0 Å². The Morgan fingerprint density at radius 2 is 1.25 bits per heavy atom. The molecule has 0 spiro atoms. The van der Waals surface area contributed by atoms with Gasteiger partial charge in [-0.05, 0) is 23.6 Å². The van der Waals surface area contributed by atoms with Gasteiger partial charge in [0.05, 0.1) is 21.3 Å². The lowest BCUT2D eigenvalue weighted by atomic mass is 10.1. The third-order valence-corrected chi connectivity index (χ3v) is 5.48. The molecule has 1 saturated heterocycles. The summed E-state index contributed by atoms with van der Waals surface area (Å²) >= 11 is 0. The van der Waals surface area contributed by atoms with Crippen LogP contribution in [0, 0.1) is 0 Å². The van der Waals surface area contributed by atoms with Crippen LogP contribution in [0.15, 0.2) is 36.4 Å². The van der Waals surface area contributed by atoms with Crippen LogP contribution in [-0.4, -0.2) is 57.3 Å². The first kappa shape index (κ1) is 20.5. The van der Waals surface area contributed by atoms with Gasteiger partial charge in [0, 0.05) is 44.8 Å². The quantitative estimate of drug-likeness (QED) is 0.695. The van der Waals surface area contributed by atoms with Crippen molar-refractivity contribution in [3.05, 3.63) is 53.1 Å². The first-order valence-corrected chi connectivity index (χ1v) is 9.98. The molecule has 2 aromatic carbocycles. The van der Waals surface area contributed by atoms with Gasteiger partial charge < -0.3 is 14.2 Å². The SMILES string of the molecule is CCc1ccc(CN2CCN(Cc3ccc(OC)c(OC)c3OC)CC2)cc1. The van der Waals surface area contributed by atoms with Crippen LogP contribution in [0.4, 0.5) is 0 Å². The Labute approximate surface area is 168 Å². The number of piperazine rings is 1. The zero-order valence-electron chi connectivity index (χ0n) is 17.5. The molecule has 5 heteroatoms. The van der Waals surface area contributed by atoms with Gasteiger partial charge in [0.25, 0.3) is 0 Å². The van der Waals surface area contributed by atoms with Crippen molar-refractivity contribution < 1.29 is 14.2 Å². The van der Waals surface area contributed by atoms with Crippen LogP contribution in [0.3, 0.4) is 0 Å². The molecule has 0 amide bonds. The topological polar surface area (TPSA) is 34.2 Å². The van der Waals surface area contributed by atoms with Crippen molar-refractivity contribution >= 4 is 0 Å². The zero-order chi connectivity index (χ0) is 19.9. The van der Waals surface area contributed by atoms with Gasteiger partial charge in [-0.3, -0.25) is 9.80 Å². The second-order valence-corrected chi connectivity index (χ2v) is 7.22. The highest BCUT2D eigenvalue weighted by molar-refractivity contribution is 5.55. The summed E-state index contributed by atoms with van der Waals surface area (Å²) < 4.78 is 16.5. The van der Waals surface area contributed by atoms with E-state index in [1.807, 2.05) is 6.07 Å². The van der Waals surface area contributed by atoms with E-state index in [-0.39, 0.29) is 0 Å². The summed E-state index contributed by atoms with van der Waals surface area (Å²) in [5, 5.41) is 0. The minimum absolute atomic E-state index is 0.664. The largest absolute Gasteiger partial charge is 0.493 e. The standard InChI is InChI=1S/C23H32N2O3/c1-5-18-6-8-19(9-7-18)16-24-12-14-25(15-13-24)17-20-10-11-21(26-2)23(28-4)22(20)27-3/h6-11H,5,12-17H2,1-4H3. The fourth-order valence-electron chi connectivity index (χ4n) is 3.77. The third-order valence-electron chi connectivity index (χ3n) is 5.48. The number of nitrogens with zero attached hydrogens (tertiary/aromatic N) is 2. The van der Waals surface area contributed by atoms with Crippen molar-refractivity contribution in [2.45, 2.75) is 26.4 Å². The Morgan fingerprint density at radius 1 is 0.679 bits per heavy atom. The average Bonchev–Trinajstić information content (AvgIpc) is 2.75. The molecule has 0 saturated carbocycles. The van der Waals surface area contributed by atoms with E-state index in [1.165, 1.54) is 11.1 Å². The van der Waals surface area contributed by atoms with E-state index < -0.39 is 0 Å². The molecule has 0 atom stereocenters. The van der Waals surface area contributed by atoms with E-state index >= 15 is 0 Å². The molecule has 5 nitrogen and oxygen atoms in total. The van der Waals surface area contributed by atoms with E-state index in [4.69, 9.17) is 14.2 Å². The number of benzene rings is 2. The molecule has 1 heterocycles. The molecule has 0 N–H and O–H groups in total. The number of aryl methyl sites for hydroxylation is 1. The predicted octanol–water partition coefficient (Wildman–Crippen LogP) is 3.59. The van der Waals surface area contributed by atoms with Gasteiger partial charge in [-0.1, -0.05) is 37.3 Å². The fourth-order valence-corrected chi connectivity index (χ4v) is 3.77. The minimum atomic E-state index is 0.664. The lowest BCUT2D eigenvalue weighted by Crippen LogP contribution is -2.45. The van der Waals surface area contributed by atoms with Gasteiger partial charge in [-0.25, -0.2) is 0 Å². The Kier molecular flexibility index (Phi) is 7.18. The highest BCUT2D eigenvalue weighted by Crippen LogP contribution is 2.40. The fraction of sp³-hybridized carbons (Fsp3) is 0.478. The summed E-state index contributed by atoms with van der Waals surface area (Å²) in [5.41, 5.74) is 3.92. The Balaban J connectivity index is 1.58. The van der Waals surface area contributed by atoms with E-state index in [2.05, 4.69) is 47.1 Å². The number of hydrogen-bond donors (Lipinski definition) is 0. The number of methoxy groups -OCH3 is 3. The maximum absolute atomic E-state index is 5.63. The molecule has 1 aliphatic heterocycles. The van der Waals surface area contributed by atoms with Gasteiger partial charge in [-0.15, -0.1) is 0 Å². The molecule has 0 aromatic heterocycles. The zero-order valence-corrected chi connectivity index (χ0v) is 17.5. The van der Waals surface area contributed by atoms with Crippen LogP contribution in [0.25, 0.3) is 0 Å². The molecule has 0 aliphatic carbocycles. The number of ether oxygens (including phenoxy) is 3. The lowest BCUT2D eigenvalue weighted by Gasteiger charge is -2.35. The normalized spacial score (nSPS) is 15.4. The first-order valence-electron chi connectivity index (χ1n) is 9.98. The van der Waals surface area contributed by atoms with Gasteiger partial charge in [-0.2, -0.15) is 0 Å². The van der Waals surface area contributed by atoms with Gasteiger partial charge >= 0.3 is 0 Å². The average molecular weight is 385 g/mol. The Morgan fingerprint density at radius 3 is 1.79 bits per heavy atom. The second-order valence-electron chi connectivity index (χ2n) is 7.22. The summed E-state index contributed by atoms with van der Waals surface area (Å²) in [5.74, 6) is 2.12. The van der Waals surface area contributed by atoms with Gasteiger partial charge in [0.15, 0.2) is 11.5 Å². The maximum Gasteiger partial charge on any atom is 0.203 e. The molecule has 0 radical (unpaired) electrons. The molecule has 2 aromatic rings. The summed E-state index contributed by atoms with van der Waals surface area (Å²) in [7, 11) is 4.98. The van der Waals surface area contributed by atoms with Gasteiger partial charge in [0.2, 0.25) is 5.75 Å². The summed E-state index contributed by atoms with van der Waals surface area (Å²) in [6.45, 7) is 8.31.